The van der Waals surface area contributed by atoms with Crippen molar-refractivity contribution in [2.24, 2.45) is 0 Å². The van der Waals surface area contributed by atoms with Crippen LogP contribution in [0.2, 0.25) is 0 Å². The van der Waals surface area contributed by atoms with Crippen molar-refractivity contribution in [3.8, 4) is 0 Å². The van der Waals surface area contributed by atoms with Crippen LogP contribution < -0.4 is 10.5 Å². The Kier molecular flexibility index (Phi) is 3.19. The first kappa shape index (κ1) is 13.3. The minimum absolute atomic E-state index is 0.0575. The van der Waals surface area contributed by atoms with Crippen LogP contribution >= 0.6 is 0 Å². The van der Waals surface area contributed by atoms with Crippen molar-refractivity contribution in [2.75, 3.05) is 10.5 Å². The summed E-state index contributed by atoms with van der Waals surface area (Å²) in [5, 5.41) is 0.844. The number of hydrogen-bond acceptors (Lipinski definition) is 5. The van der Waals surface area contributed by atoms with Gasteiger partial charge in [-0.3, -0.25) is 14.7 Å². The lowest BCUT2D eigenvalue weighted by molar-refractivity contribution is 0.601. The predicted molar refractivity (Wildman–Crippen MR) is 81.2 cm³/mol. The van der Waals surface area contributed by atoms with Gasteiger partial charge in [0.25, 0.3) is 10.0 Å². The Morgan fingerprint density at radius 2 is 1.86 bits per heavy atom. The Bertz CT molecular complexity index is 904. The number of pyridine rings is 2. The first-order chi connectivity index (χ1) is 10.1. The number of nitrogens with zero attached hydrogens (tertiary/aromatic N) is 2. The Balaban J connectivity index is 2.08. The molecule has 0 radical (unpaired) electrons. The van der Waals surface area contributed by atoms with Gasteiger partial charge in [0.15, 0.2) is 0 Å². The summed E-state index contributed by atoms with van der Waals surface area (Å²) >= 11 is 0. The molecular weight excluding hydrogens is 288 g/mol. The fourth-order valence-corrected chi connectivity index (χ4v) is 3.14. The van der Waals surface area contributed by atoms with Gasteiger partial charge in [0.1, 0.15) is 4.90 Å². The van der Waals surface area contributed by atoms with Crippen LogP contribution in [0.3, 0.4) is 0 Å². The van der Waals surface area contributed by atoms with E-state index in [1.54, 1.807) is 24.4 Å². The Morgan fingerprint density at radius 3 is 2.67 bits per heavy atom. The van der Waals surface area contributed by atoms with Crippen LogP contribution in [-0.4, -0.2) is 18.4 Å². The molecule has 7 heteroatoms. The second-order valence-corrected chi connectivity index (χ2v) is 6.05. The van der Waals surface area contributed by atoms with Crippen molar-refractivity contribution in [1.29, 1.82) is 0 Å². The molecule has 3 rings (SSSR count). The number of anilines is 2. The van der Waals surface area contributed by atoms with E-state index in [1.807, 2.05) is 12.1 Å². The van der Waals surface area contributed by atoms with Crippen LogP contribution in [0.25, 0.3) is 10.9 Å². The third kappa shape index (κ3) is 2.50. The molecule has 0 unspecified atom stereocenters. The summed E-state index contributed by atoms with van der Waals surface area (Å²) in [6, 6.07) is 10.4. The van der Waals surface area contributed by atoms with Gasteiger partial charge in [0.2, 0.25) is 0 Å². The van der Waals surface area contributed by atoms with Crippen molar-refractivity contribution in [2.45, 2.75) is 4.90 Å². The first-order valence-electron chi connectivity index (χ1n) is 6.14. The smallest absolute Gasteiger partial charge is 0.265 e. The van der Waals surface area contributed by atoms with Gasteiger partial charge in [-0.15, -0.1) is 0 Å². The molecule has 0 aliphatic rings. The molecule has 6 nitrogen and oxygen atoms in total. The third-order valence-corrected chi connectivity index (χ3v) is 4.39. The van der Waals surface area contributed by atoms with Gasteiger partial charge in [0.05, 0.1) is 16.9 Å². The molecule has 0 aliphatic carbocycles. The predicted octanol–water partition coefficient (Wildman–Crippen LogP) is 2.01. The number of rotatable bonds is 3. The first-order valence-corrected chi connectivity index (χ1v) is 7.62. The lowest BCUT2D eigenvalue weighted by Gasteiger charge is -2.11. The molecule has 0 bridgehead atoms. The van der Waals surface area contributed by atoms with Crippen molar-refractivity contribution < 1.29 is 8.42 Å². The molecule has 3 N–H and O–H groups in total. The van der Waals surface area contributed by atoms with E-state index < -0.39 is 10.0 Å². The normalized spacial score (nSPS) is 11.4. The molecule has 0 amide bonds. The molecule has 1 aromatic carbocycles. The van der Waals surface area contributed by atoms with Gasteiger partial charge in [-0.05, 0) is 18.2 Å². The van der Waals surface area contributed by atoms with E-state index in [0.717, 1.165) is 5.39 Å². The molecule has 0 fully saturated rings. The SMILES string of the molecule is Nc1ccncc1S(=O)(=O)Nc1cccc2cccnc12. The van der Waals surface area contributed by atoms with E-state index in [2.05, 4.69) is 14.7 Å². The molecule has 0 atom stereocenters. The maximum Gasteiger partial charge on any atom is 0.265 e. The van der Waals surface area contributed by atoms with Crippen LogP contribution in [0.15, 0.2) is 59.9 Å². The average Bonchev–Trinajstić information content (AvgIpc) is 2.47. The summed E-state index contributed by atoms with van der Waals surface area (Å²) in [4.78, 5) is 7.95. The van der Waals surface area contributed by atoms with Gasteiger partial charge >= 0.3 is 0 Å². The number of para-hydroxylation sites is 1. The number of nitrogens with two attached hydrogens (primary N) is 1. The lowest BCUT2D eigenvalue weighted by atomic mass is 10.2. The van der Waals surface area contributed by atoms with E-state index >= 15 is 0 Å². The van der Waals surface area contributed by atoms with E-state index in [9.17, 15) is 8.42 Å². The quantitative estimate of drug-likeness (QED) is 0.771. The molecule has 21 heavy (non-hydrogen) atoms. The number of hydrogen-bond donors (Lipinski definition) is 2. The summed E-state index contributed by atoms with van der Waals surface area (Å²) in [5.74, 6) is 0. The zero-order valence-corrected chi connectivity index (χ0v) is 11.7. The molecule has 0 saturated heterocycles. The van der Waals surface area contributed by atoms with Crippen molar-refractivity contribution in [3.05, 3.63) is 55.0 Å². The largest absolute Gasteiger partial charge is 0.398 e. The average molecular weight is 300 g/mol. The molecule has 106 valence electrons. The maximum atomic E-state index is 12.4. The number of nitrogen functional groups attached to an aromatic ring is 1. The topological polar surface area (TPSA) is 98.0 Å². The fourth-order valence-electron chi connectivity index (χ4n) is 2.00. The molecular formula is C14H12N4O2S. The highest BCUT2D eigenvalue weighted by atomic mass is 32.2. The van der Waals surface area contributed by atoms with Crippen LogP contribution in [0.1, 0.15) is 0 Å². The van der Waals surface area contributed by atoms with Gasteiger partial charge < -0.3 is 5.73 Å². The summed E-state index contributed by atoms with van der Waals surface area (Å²) < 4.78 is 27.3. The maximum absolute atomic E-state index is 12.4. The minimum atomic E-state index is -3.81. The number of sulfonamides is 1. The second kappa shape index (κ2) is 5.02. The zero-order chi connectivity index (χ0) is 14.9. The monoisotopic (exact) mass is 300 g/mol. The van der Waals surface area contributed by atoms with Gasteiger partial charge in [-0.1, -0.05) is 18.2 Å². The summed E-state index contributed by atoms with van der Waals surface area (Å²) in [6.07, 6.45) is 4.27. The standard InChI is InChI=1S/C14H12N4O2S/c15-11-6-8-16-9-13(11)21(19,20)18-12-5-1-3-10-4-2-7-17-14(10)12/h1-9,18H,(H2,15,16). The van der Waals surface area contributed by atoms with E-state index in [-0.39, 0.29) is 10.6 Å². The summed E-state index contributed by atoms with van der Waals surface area (Å²) in [6.45, 7) is 0. The number of fused-ring (bicyclic) bond motifs is 1. The van der Waals surface area contributed by atoms with Crippen molar-refractivity contribution in [1.82, 2.24) is 9.97 Å². The second-order valence-electron chi connectivity index (χ2n) is 4.40. The molecule has 0 saturated carbocycles. The highest BCUT2D eigenvalue weighted by Crippen LogP contribution is 2.25. The van der Waals surface area contributed by atoms with E-state index in [4.69, 9.17) is 5.73 Å². The minimum Gasteiger partial charge on any atom is -0.398 e. The number of benzene rings is 1. The highest BCUT2D eigenvalue weighted by molar-refractivity contribution is 7.92. The van der Waals surface area contributed by atoms with Crippen LogP contribution in [-0.2, 0) is 10.0 Å². The van der Waals surface area contributed by atoms with Gasteiger partial charge in [-0.2, -0.15) is 0 Å². The van der Waals surface area contributed by atoms with Crippen LogP contribution in [0.4, 0.5) is 11.4 Å². The molecule has 3 aromatic rings. The van der Waals surface area contributed by atoms with E-state index in [0.29, 0.717) is 11.2 Å². The molecule has 0 spiro atoms. The Morgan fingerprint density at radius 1 is 1.05 bits per heavy atom. The van der Waals surface area contributed by atoms with Crippen molar-refractivity contribution in [3.63, 3.8) is 0 Å². The Labute approximate surface area is 121 Å². The van der Waals surface area contributed by atoms with Gasteiger partial charge in [0, 0.05) is 24.0 Å². The molecule has 2 aromatic heterocycles. The third-order valence-electron chi connectivity index (χ3n) is 2.98. The lowest BCUT2D eigenvalue weighted by Crippen LogP contribution is -2.15. The zero-order valence-electron chi connectivity index (χ0n) is 10.9. The fraction of sp³-hybridized carbons (Fsp3) is 0. The van der Waals surface area contributed by atoms with Gasteiger partial charge in [-0.25, -0.2) is 8.42 Å². The van der Waals surface area contributed by atoms with Crippen LogP contribution in [0, 0.1) is 0 Å². The number of aromatic nitrogens is 2. The summed E-state index contributed by atoms with van der Waals surface area (Å²) in [5.41, 5.74) is 6.82. The van der Waals surface area contributed by atoms with E-state index in [1.165, 1.54) is 18.5 Å². The highest BCUT2D eigenvalue weighted by Gasteiger charge is 2.18. The number of nitrogens with one attached hydrogen (secondary N) is 1. The molecule has 2 heterocycles. The van der Waals surface area contributed by atoms with Crippen molar-refractivity contribution >= 4 is 32.3 Å². The summed E-state index contributed by atoms with van der Waals surface area (Å²) in [7, 11) is -3.81. The van der Waals surface area contributed by atoms with Crippen LogP contribution in [0.5, 0.6) is 0 Å². The molecule has 0 aliphatic heterocycles. The Hall–Kier alpha value is -2.67.